The van der Waals surface area contributed by atoms with Crippen molar-refractivity contribution in [2.75, 3.05) is 13.2 Å². The minimum atomic E-state index is -1.61. The first-order valence-electron chi connectivity index (χ1n) is 12.4. The van der Waals surface area contributed by atoms with E-state index in [1.807, 2.05) is 0 Å². The van der Waals surface area contributed by atoms with Gasteiger partial charge in [-0.15, -0.1) is 0 Å². The van der Waals surface area contributed by atoms with Gasteiger partial charge in [0.05, 0.1) is 18.6 Å². The summed E-state index contributed by atoms with van der Waals surface area (Å²) in [6, 6.07) is 14.8. The van der Waals surface area contributed by atoms with Crippen LogP contribution in [0.2, 0.25) is 0 Å². The first-order chi connectivity index (χ1) is 19.5. The number of pyridine rings is 1. The number of esters is 3. The lowest BCUT2D eigenvalue weighted by Gasteiger charge is -2.29. The number of amides is 1. The number of ether oxygens (including phenoxy) is 3. The average Bonchev–Trinajstić information content (AvgIpc) is 2.96. The lowest BCUT2D eigenvalue weighted by atomic mass is 9.87. The summed E-state index contributed by atoms with van der Waals surface area (Å²) in [4.78, 5) is 65.1. The van der Waals surface area contributed by atoms with E-state index in [1.54, 1.807) is 18.2 Å². The quantitative estimate of drug-likeness (QED) is 0.217. The zero-order valence-electron chi connectivity index (χ0n) is 22.2. The van der Waals surface area contributed by atoms with E-state index < -0.39 is 47.9 Å². The van der Waals surface area contributed by atoms with Gasteiger partial charge in [-0.1, -0.05) is 38.1 Å². The normalized spacial score (nSPS) is 11.6. The number of para-hydroxylation sites is 2. The van der Waals surface area contributed by atoms with Crippen molar-refractivity contribution in [3.8, 4) is 11.5 Å². The summed E-state index contributed by atoms with van der Waals surface area (Å²) in [6.07, 6.45) is 0.885. The fourth-order valence-corrected chi connectivity index (χ4v) is 3.40. The van der Waals surface area contributed by atoms with Crippen LogP contribution in [0, 0.1) is 5.41 Å². The number of carboxylic acids is 1. The summed E-state index contributed by atoms with van der Waals surface area (Å²) in [7, 11) is 0. The predicted octanol–water partition coefficient (Wildman–Crippen LogP) is 2.65. The monoisotopic (exact) mass is 564 g/mol. The number of rotatable bonds is 12. The van der Waals surface area contributed by atoms with Crippen molar-refractivity contribution in [1.82, 2.24) is 10.3 Å². The van der Waals surface area contributed by atoms with Gasteiger partial charge >= 0.3 is 23.9 Å². The second-order valence-electron chi connectivity index (χ2n) is 9.42. The maximum Gasteiger partial charge on any atom is 0.347 e. The molecule has 0 saturated carbocycles. The molecule has 2 aromatic carbocycles. The van der Waals surface area contributed by atoms with Crippen LogP contribution < -0.4 is 14.8 Å². The molecule has 12 heteroatoms. The Morgan fingerprint density at radius 2 is 1.44 bits per heavy atom. The van der Waals surface area contributed by atoms with E-state index in [1.165, 1.54) is 68.7 Å². The Bertz CT molecular complexity index is 1420. The van der Waals surface area contributed by atoms with Crippen LogP contribution in [0.5, 0.6) is 11.5 Å². The number of aliphatic hydroxyl groups is 1. The lowest BCUT2D eigenvalue weighted by Crippen LogP contribution is -2.46. The van der Waals surface area contributed by atoms with Crippen LogP contribution in [0.1, 0.15) is 51.3 Å². The maximum absolute atomic E-state index is 13.0. The molecule has 41 heavy (non-hydrogen) atoms. The number of benzene rings is 2. The molecule has 0 unspecified atom stereocenters. The van der Waals surface area contributed by atoms with E-state index in [0.717, 1.165) is 0 Å². The molecule has 0 spiro atoms. The van der Waals surface area contributed by atoms with Gasteiger partial charge in [0, 0.05) is 24.4 Å². The zero-order valence-corrected chi connectivity index (χ0v) is 22.2. The Kier molecular flexibility index (Phi) is 10.3. The fraction of sp³-hybridized carbons (Fsp3) is 0.241. The van der Waals surface area contributed by atoms with E-state index in [9.17, 15) is 29.1 Å². The first kappa shape index (κ1) is 30.4. The van der Waals surface area contributed by atoms with Gasteiger partial charge < -0.3 is 29.7 Å². The van der Waals surface area contributed by atoms with Gasteiger partial charge in [0.25, 0.3) is 0 Å². The topological polar surface area (TPSA) is 178 Å². The smallest absolute Gasteiger partial charge is 0.347 e. The number of hydrogen-bond acceptors (Lipinski definition) is 10. The second kappa shape index (κ2) is 13.8. The summed E-state index contributed by atoms with van der Waals surface area (Å²) in [5.41, 5.74) is -1.26. The number of aromatic nitrogens is 1. The SMILES string of the molecule is CC(C)(COC(=O)c1ccccc1OC(=O)c1ccccc1OC(=O)c1cccnc1)[C@@H](O)C(=O)NCCC(=O)O. The number of nitrogens with zero attached hydrogens (tertiary/aromatic N) is 1. The Balaban J connectivity index is 1.68. The van der Waals surface area contributed by atoms with Crippen LogP contribution in [0.4, 0.5) is 0 Å². The van der Waals surface area contributed by atoms with Crippen LogP contribution in [0.3, 0.4) is 0 Å². The highest BCUT2D eigenvalue weighted by Crippen LogP contribution is 2.26. The van der Waals surface area contributed by atoms with Crippen molar-refractivity contribution < 1.29 is 48.4 Å². The number of carbonyl (C=O) groups excluding carboxylic acids is 4. The zero-order chi connectivity index (χ0) is 30.0. The summed E-state index contributed by atoms with van der Waals surface area (Å²) in [5, 5.41) is 21.4. The van der Waals surface area contributed by atoms with Gasteiger partial charge in [-0.25, -0.2) is 14.4 Å². The van der Waals surface area contributed by atoms with Gasteiger partial charge in [-0.05, 0) is 36.4 Å². The third-order valence-electron chi connectivity index (χ3n) is 5.72. The molecule has 0 bridgehead atoms. The first-order valence-corrected chi connectivity index (χ1v) is 12.4. The molecule has 0 aliphatic rings. The van der Waals surface area contributed by atoms with Gasteiger partial charge in [-0.2, -0.15) is 0 Å². The third-order valence-corrected chi connectivity index (χ3v) is 5.72. The summed E-state index contributed by atoms with van der Waals surface area (Å²) < 4.78 is 16.1. The highest BCUT2D eigenvalue weighted by molar-refractivity contribution is 5.99. The second-order valence-corrected chi connectivity index (χ2v) is 9.42. The lowest BCUT2D eigenvalue weighted by molar-refractivity contribution is -0.138. The summed E-state index contributed by atoms with van der Waals surface area (Å²) >= 11 is 0. The molecular weight excluding hydrogens is 536 g/mol. The maximum atomic E-state index is 13.0. The molecule has 0 saturated heterocycles. The third kappa shape index (κ3) is 8.44. The molecule has 1 amide bonds. The highest BCUT2D eigenvalue weighted by Gasteiger charge is 2.35. The van der Waals surface area contributed by atoms with Crippen molar-refractivity contribution in [2.24, 2.45) is 5.41 Å². The minimum absolute atomic E-state index is 0.0659. The van der Waals surface area contributed by atoms with Crippen molar-refractivity contribution in [3.05, 3.63) is 89.7 Å². The summed E-state index contributed by atoms with van der Waals surface area (Å²) in [6.45, 7) is 2.40. The van der Waals surface area contributed by atoms with Crippen molar-refractivity contribution >= 4 is 29.8 Å². The van der Waals surface area contributed by atoms with Crippen LogP contribution in [0.15, 0.2) is 73.1 Å². The molecule has 214 valence electrons. The molecule has 1 atom stereocenters. The van der Waals surface area contributed by atoms with Crippen molar-refractivity contribution in [3.63, 3.8) is 0 Å². The molecule has 0 fully saturated rings. The summed E-state index contributed by atoms with van der Waals surface area (Å²) in [5.74, 6) is -4.66. The number of carbonyl (C=O) groups is 5. The molecule has 1 heterocycles. The molecule has 3 aromatic rings. The number of carboxylic acid groups (broad SMARTS) is 1. The molecule has 0 radical (unpaired) electrons. The van der Waals surface area contributed by atoms with E-state index in [4.69, 9.17) is 19.3 Å². The predicted molar refractivity (Wildman–Crippen MR) is 142 cm³/mol. The van der Waals surface area contributed by atoms with Gasteiger partial charge in [-0.3, -0.25) is 14.6 Å². The number of hydrogen-bond donors (Lipinski definition) is 3. The molecular formula is C29H28N2O10. The van der Waals surface area contributed by atoms with Gasteiger partial charge in [0.2, 0.25) is 5.91 Å². The average molecular weight is 565 g/mol. The van der Waals surface area contributed by atoms with Crippen molar-refractivity contribution in [1.29, 1.82) is 0 Å². The Labute approximate surface area is 234 Å². The van der Waals surface area contributed by atoms with Crippen LogP contribution in [0.25, 0.3) is 0 Å². The number of nitrogens with one attached hydrogen (secondary N) is 1. The standard InChI is InChI=1S/C29H28N2O10/c1-29(2,24(34)25(35)31-15-13-23(32)33)17-39-27(37)19-9-3-5-11-21(19)41-28(38)20-10-4-6-12-22(20)40-26(36)18-8-7-14-30-16-18/h3-12,14,16,24,34H,13,15,17H2,1-2H3,(H,31,35)(H,32,33)/t24-/m0/s1. The highest BCUT2D eigenvalue weighted by atomic mass is 16.6. The Morgan fingerprint density at radius 3 is 2.02 bits per heavy atom. The largest absolute Gasteiger partial charge is 0.481 e. The van der Waals surface area contributed by atoms with Gasteiger partial charge in [0.1, 0.15) is 28.7 Å². The van der Waals surface area contributed by atoms with Crippen molar-refractivity contribution in [2.45, 2.75) is 26.4 Å². The number of aliphatic carboxylic acids is 1. The van der Waals surface area contributed by atoms with Crippen LogP contribution in [-0.4, -0.2) is 64.2 Å². The molecule has 0 aliphatic heterocycles. The molecule has 0 aliphatic carbocycles. The van der Waals surface area contributed by atoms with Crippen LogP contribution in [-0.2, 0) is 14.3 Å². The molecule has 1 aromatic heterocycles. The van der Waals surface area contributed by atoms with E-state index in [-0.39, 0.29) is 41.2 Å². The van der Waals surface area contributed by atoms with E-state index >= 15 is 0 Å². The molecule has 12 nitrogen and oxygen atoms in total. The van der Waals surface area contributed by atoms with E-state index in [0.29, 0.717) is 0 Å². The van der Waals surface area contributed by atoms with E-state index in [2.05, 4.69) is 10.3 Å². The van der Waals surface area contributed by atoms with Crippen LogP contribution >= 0.6 is 0 Å². The van der Waals surface area contributed by atoms with Gasteiger partial charge in [0.15, 0.2) is 0 Å². The molecule has 3 N–H and O–H groups in total. The fourth-order valence-electron chi connectivity index (χ4n) is 3.40. The Morgan fingerprint density at radius 1 is 0.854 bits per heavy atom. The molecule has 3 rings (SSSR count). The number of aliphatic hydroxyl groups excluding tert-OH is 1. The minimum Gasteiger partial charge on any atom is -0.481 e. The Hall–Kier alpha value is -5.10.